The fourth-order valence-electron chi connectivity index (χ4n) is 3.23. The Hall–Kier alpha value is -2.97. The van der Waals surface area contributed by atoms with E-state index >= 15 is 0 Å². The van der Waals surface area contributed by atoms with E-state index in [1.165, 1.54) is 30.9 Å². The van der Waals surface area contributed by atoms with Gasteiger partial charge < -0.3 is 19.5 Å². The average Bonchev–Trinajstić information content (AvgIpc) is 2.78. The van der Waals surface area contributed by atoms with Crippen molar-refractivity contribution in [2.24, 2.45) is 0 Å². The van der Waals surface area contributed by atoms with Crippen LogP contribution in [0.25, 0.3) is 6.08 Å². The first kappa shape index (κ1) is 22.7. The summed E-state index contributed by atoms with van der Waals surface area (Å²) in [5.41, 5.74) is 2.50. The molecule has 1 saturated heterocycles. The SMILES string of the molecule is COc1cccc(/C=C/C(=O)NCc2ccc(CN3CCOCC3)cc2)c1OC(F)F. The van der Waals surface area contributed by atoms with Crippen molar-refractivity contribution in [3.05, 3.63) is 65.2 Å². The molecule has 0 spiro atoms. The van der Waals surface area contributed by atoms with E-state index in [2.05, 4.69) is 27.1 Å². The minimum absolute atomic E-state index is 0.111. The molecule has 1 aliphatic heterocycles. The van der Waals surface area contributed by atoms with Crippen molar-refractivity contribution < 1.29 is 27.8 Å². The molecule has 166 valence electrons. The zero-order chi connectivity index (χ0) is 22.1. The highest BCUT2D eigenvalue weighted by molar-refractivity contribution is 5.92. The second kappa shape index (κ2) is 11.4. The highest BCUT2D eigenvalue weighted by Gasteiger charge is 2.14. The molecule has 0 aromatic heterocycles. The molecule has 2 aromatic carbocycles. The molecule has 0 bridgehead atoms. The molecule has 31 heavy (non-hydrogen) atoms. The van der Waals surface area contributed by atoms with Gasteiger partial charge in [-0.2, -0.15) is 8.78 Å². The number of nitrogens with zero attached hydrogens (tertiary/aromatic N) is 1. The van der Waals surface area contributed by atoms with E-state index in [9.17, 15) is 13.6 Å². The highest BCUT2D eigenvalue weighted by Crippen LogP contribution is 2.33. The Labute approximate surface area is 180 Å². The molecule has 0 saturated carbocycles. The Morgan fingerprint density at radius 1 is 1.16 bits per heavy atom. The van der Waals surface area contributed by atoms with E-state index in [0.717, 1.165) is 38.4 Å². The van der Waals surface area contributed by atoms with Crippen LogP contribution in [0.1, 0.15) is 16.7 Å². The molecule has 3 rings (SSSR count). The number of alkyl halides is 2. The second-order valence-electron chi connectivity index (χ2n) is 7.01. The van der Waals surface area contributed by atoms with Gasteiger partial charge >= 0.3 is 6.61 Å². The number of morpholine rings is 1. The van der Waals surface area contributed by atoms with Gasteiger partial charge in [0.25, 0.3) is 0 Å². The summed E-state index contributed by atoms with van der Waals surface area (Å²) in [6.45, 7) is 1.64. The Balaban J connectivity index is 1.53. The summed E-state index contributed by atoms with van der Waals surface area (Å²) in [6, 6.07) is 12.8. The maximum absolute atomic E-state index is 12.7. The molecular formula is C23H26F2N2O4. The number of carbonyl (C=O) groups excluding carboxylic acids is 1. The van der Waals surface area contributed by atoms with Gasteiger partial charge in [0.15, 0.2) is 11.5 Å². The first-order valence-electron chi connectivity index (χ1n) is 10.0. The number of hydrogen-bond acceptors (Lipinski definition) is 5. The summed E-state index contributed by atoms with van der Waals surface area (Å²) in [5, 5.41) is 2.79. The molecule has 1 N–H and O–H groups in total. The van der Waals surface area contributed by atoms with Crippen molar-refractivity contribution >= 4 is 12.0 Å². The third-order valence-corrected chi connectivity index (χ3v) is 4.85. The van der Waals surface area contributed by atoms with Gasteiger partial charge in [-0.1, -0.05) is 36.4 Å². The van der Waals surface area contributed by atoms with Gasteiger partial charge in [0, 0.05) is 37.8 Å². The number of nitrogens with one attached hydrogen (secondary N) is 1. The van der Waals surface area contributed by atoms with E-state index in [0.29, 0.717) is 12.1 Å². The first-order chi connectivity index (χ1) is 15.0. The fraction of sp³-hybridized carbons (Fsp3) is 0.348. The van der Waals surface area contributed by atoms with Gasteiger partial charge in [-0.3, -0.25) is 9.69 Å². The van der Waals surface area contributed by atoms with Crippen LogP contribution in [0, 0.1) is 0 Å². The summed E-state index contributed by atoms with van der Waals surface area (Å²) in [7, 11) is 1.36. The summed E-state index contributed by atoms with van der Waals surface area (Å²) in [6.07, 6.45) is 2.70. The molecule has 6 nitrogen and oxygen atoms in total. The van der Waals surface area contributed by atoms with E-state index in [-0.39, 0.29) is 17.4 Å². The van der Waals surface area contributed by atoms with E-state index in [1.54, 1.807) is 12.1 Å². The summed E-state index contributed by atoms with van der Waals surface area (Å²) >= 11 is 0. The van der Waals surface area contributed by atoms with Gasteiger partial charge in [0.1, 0.15) is 0 Å². The minimum atomic E-state index is -3.00. The van der Waals surface area contributed by atoms with Crippen LogP contribution in [0.15, 0.2) is 48.5 Å². The molecule has 0 aliphatic carbocycles. The van der Waals surface area contributed by atoms with Crippen LogP contribution in [0.4, 0.5) is 8.78 Å². The van der Waals surface area contributed by atoms with Crippen molar-refractivity contribution in [2.75, 3.05) is 33.4 Å². The highest BCUT2D eigenvalue weighted by atomic mass is 19.3. The van der Waals surface area contributed by atoms with Crippen LogP contribution >= 0.6 is 0 Å². The van der Waals surface area contributed by atoms with Crippen molar-refractivity contribution in [3.8, 4) is 11.5 Å². The van der Waals surface area contributed by atoms with Gasteiger partial charge in [0.05, 0.1) is 20.3 Å². The lowest BCUT2D eigenvalue weighted by molar-refractivity contribution is -0.116. The molecule has 8 heteroatoms. The van der Waals surface area contributed by atoms with Crippen molar-refractivity contribution in [2.45, 2.75) is 19.7 Å². The van der Waals surface area contributed by atoms with E-state index < -0.39 is 6.61 Å². The number of ether oxygens (including phenoxy) is 3. The predicted molar refractivity (Wildman–Crippen MR) is 113 cm³/mol. The molecule has 1 aliphatic rings. The number of hydrogen-bond donors (Lipinski definition) is 1. The quantitative estimate of drug-likeness (QED) is 0.615. The fourth-order valence-corrected chi connectivity index (χ4v) is 3.23. The van der Waals surface area contributed by atoms with Crippen molar-refractivity contribution in [1.82, 2.24) is 10.2 Å². The molecule has 0 radical (unpaired) electrons. The maximum atomic E-state index is 12.7. The van der Waals surface area contributed by atoms with Gasteiger partial charge in [0.2, 0.25) is 5.91 Å². The molecule has 1 heterocycles. The molecular weight excluding hydrogens is 406 g/mol. The Morgan fingerprint density at radius 3 is 2.55 bits per heavy atom. The number of halogens is 2. The number of methoxy groups -OCH3 is 1. The summed E-state index contributed by atoms with van der Waals surface area (Å²) in [5.74, 6) is -0.289. The van der Waals surface area contributed by atoms with Crippen LogP contribution in [0.5, 0.6) is 11.5 Å². The Kier molecular flexibility index (Phi) is 8.37. The number of amides is 1. The minimum Gasteiger partial charge on any atom is -0.493 e. The van der Waals surface area contributed by atoms with Crippen LogP contribution < -0.4 is 14.8 Å². The number of benzene rings is 2. The lowest BCUT2D eigenvalue weighted by atomic mass is 10.1. The van der Waals surface area contributed by atoms with Crippen molar-refractivity contribution in [1.29, 1.82) is 0 Å². The van der Waals surface area contributed by atoms with Gasteiger partial charge in [-0.15, -0.1) is 0 Å². The Morgan fingerprint density at radius 2 is 1.87 bits per heavy atom. The first-order valence-corrected chi connectivity index (χ1v) is 10.0. The van der Waals surface area contributed by atoms with Crippen LogP contribution in [-0.2, 0) is 22.6 Å². The maximum Gasteiger partial charge on any atom is 0.387 e. The zero-order valence-corrected chi connectivity index (χ0v) is 17.4. The van der Waals surface area contributed by atoms with Gasteiger partial charge in [-0.25, -0.2) is 0 Å². The predicted octanol–water partition coefficient (Wildman–Crippen LogP) is 3.46. The monoisotopic (exact) mass is 432 g/mol. The smallest absolute Gasteiger partial charge is 0.387 e. The lowest BCUT2D eigenvalue weighted by Gasteiger charge is -2.26. The molecule has 0 atom stereocenters. The van der Waals surface area contributed by atoms with Crippen LogP contribution in [0.3, 0.4) is 0 Å². The van der Waals surface area contributed by atoms with Crippen LogP contribution in [-0.4, -0.2) is 50.8 Å². The number of para-hydroxylation sites is 1. The number of rotatable bonds is 9. The molecule has 2 aromatic rings. The summed E-state index contributed by atoms with van der Waals surface area (Å²) in [4.78, 5) is 14.5. The van der Waals surface area contributed by atoms with E-state index in [4.69, 9.17) is 9.47 Å². The second-order valence-corrected chi connectivity index (χ2v) is 7.01. The normalized spacial score (nSPS) is 14.7. The third kappa shape index (κ3) is 7.04. The third-order valence-electron chi connectivity index (χ3n) is 4.85. The van der Waals surface area contributed by atoms with Crippen LogP contribution in [0.2, 0.25) is 0 Å². The van der Waals surface area contributed by atoms with Gasteiger partial charge in [-0.05, 0) is 23.3 Å². The van der Waals surface area contributed by atoms with E-state index in [1.807, 2.05) is 12.1 Å². The molecule has 0 unspecified atom stereocenters. The van der Waals surface area contributed by atoms with Crippen molar-refractivity contribution in [3.63, 3.8) is 0 Å². The Bertz CT molecular complexity index is 882. The lowest BCUT2D eigenvalue weighted by Crippen LogP contribution is -2.35. The topological polar surface area (TPSA) is 60.0 Å². The standard InChI is InChI=1S/C23H26F2N2O4/c1-29-20-4-2-3-19(22(20)31-23(24)25)9-10-21(28)26-15-17-5-7-18(8-6-17)16-27-11-13-30-14-12-27/h2-10,23H,11-16H2,1H3,(H,26,28)/b10-9+. The zero-order valence-electron chi connectivity index (χ0n) is 17.4. The molecule has 1 fully saturated rings. The average molecular weight is 432 g/mol. The largest absolute Gasteiger partial charge is 0.493 e. The summed E-state index contributed by atoms with van der Waals surface area (Å²) < 4.78 is 40.3. The molecule has 1 amide bonds. The number of carbonyl (C=O) groups is 1.